The number of carbonyl (C=O) groups is 1. The molecule has 1 atom stereocenters. The first-order chi connectivity index (χ1) is 12.4. The van der Waals surface area contributed by atoms with E-state index >= 15 is 0 Å². The van der Waals surface area contributed by atoms with Gasteiger partial charge in [-0.3, -0.25) is 9.69 Å². The van der Waals surface area contributed by atoms with Gasteiger partial charge in [0.25, 0.3) is 0 Å². The van der Waals surface area contributed by atoms with Crippen molar-refractivity contribution in [3.8, 4) is 0 Å². The zero-order valence-corrected chi connectivity index (χ0v) is 15.9. The Bertz CT molecular complexity index is 748. The van der Waals surface area contributed by atoms with Crippen molar-refractivity contribution < 1.29 is 17.6 Å². The second-order valence-corrected chi connectivity index (χ2v) is 9.16. The largest absolute Gasteiger partial charge is 0.339 e. The second-order valence-electron chi connectivity index (χ2n) is 7.22. The number of hydrogen-bond donors (Lipinski definition) is 0. The molecule has 144 valence electrons. The number of amides is 1. The summed E-state index contributed by atoms with van der Waals surface area (Å²) in [5.41, 5.74) is 0. The first-order valence-electron chi connectivity index (χ1n) is 9.12. The summed E-state index contributed by atoms with van der Waals surface area (Å²) in [6.45, 7) is 5.72. The van der Waals surface area contributed by atoms with E-state index in [0.29, 0.717) is 25.6 Å². The van der Waals surface area contributed by atoms with Crippen LogP contribution in [0.5, 0.6) is 0 Å². The number of nitrogens with zero attached hydrogens (tertiary/aromatic N) is 3. The number of likely N-dealkylation sites (tertiary alicyclic amines) is 1. The molecule has 2 fully saturated rings. The quantitative estimate of drug-likeness (QED) is 0.788. The van der Waals surface area contributed by atoms with Gasteiger partial charge in [-0.1, -0.05) is 13.0 Å². The molecule has 0 aliphatic carbocycles. The molecule has 1 aromatic carbocycles. The number of hydrogen-bond acceptors (Lipinski definition) is 4. The molecule has 2 saturated heterocycles. The van der Waals surface area contributed by atoms with Gasteiger partial charge in [0.15, 0.2) is 0 Å². The Labute approximate surface area is 154 Å². The third-order valence-electron chi connectivity index (χ3n) is 5.13. The standard InChI is InChI=1S/C18H26FN3O3S/c1-15-4-3-7-20(13-15)14-18(23)21-8-10-22(11-9-21)26(24,25)17-6-2-5-16(19)12-17/h2,5-6,12,15H,3-4,7-11,13-14H2,1H3/t15-/m0/s1. The van der Waals surface area contributed by atoms with Crippen molar-refractivity contribution in [2.24, 2.45) is 5.92 Å². The lowest BCUT2D eigenvalue weighted by Gasteiger charge is -2.36. The molecular formula is C18H26FN3O3S. The molecule has 26 heavy (non-hydrogen) atoms. The summed E-state index contributed by atoms with van der Waals surface area (Å²) < 4.78 is 39.9. The Balaban J connectivity index is 1.56. The highest BCUT2D eigenvalue weighted by Gasteiger charge is 2.31. The van der Waals surface area contributed by atoms with Crippen LogP contribution in [-0.2, 0) is 14.8 Å². The average Bonchev–Trinajstić information content (AvgIpc) is 2.62. The Kier molecular flexibility index (Phi) is 5.94. The molecule has 8 heteroatoms. The monoisotopic (exact) mass is 383 g/mol. The van der Waals surface area contributed by atoms with E-state index in [9.17, 15) is 17.6 Å². The third-order valence-corrected chi connectivity index (χ3v) is 7.02. The minimum absolute atomic E-state index is 0.0421. The minimum Gasteiger partial charge on any atom is -0.339 e. The molecule has 6 nitrogen and oxygen atoms in total. The molecule has 2 aliphatic rings. The highest BCUT2D eigenvalue weighted by Crippen LogP contribution is 2.19. The highest BCUT2D eigenvalue weighted by molar-refractivity contribution is 7.89. The van der Waals surface area contributed by atoms with Crippen LogP contribution in [0.15, 0.2) is 29.2 Å². The Morgan fingerprint density at radius 1 is 1.19 bits per heavy atom. The molecule has 0 bridgehead atoms. The van der Waals surface area contributed by atoms with E-state index < -0.39 is 15.8 Å². The van der Waals surface area contributed by atoms with Crippen molar-refractivity contribution in [2.75, 3.05) is 45.8 Å². The van der Waals surface area contributed by atoms with E-state index in [2.05, 4.69) is 11.8 Å². The van der Waals surface area contributed by atoms with Gasteiger partial charge in [0.05, 0.1) is 11.4 Å². The van der Waals surface area contributed by atoms with Crippen LogP contribution in [0.1, 0.15) is 19.8 Å². The lowest BCUT2D eigenvalue weighted by atomic mass is 10.0. The SMILES string of the molecule is C[C@H]1CCCN(CC(=O)N2CCN(S(=O)(=O)c3cccc(F)c3)CC2)C1. The van der Waals surface area contributed by atoms with Gasteiger partial charge in [0.1, 0.15) is 5.82 Å². The predicted octanol–water partition coefficient (Wildman–Crippen LogP) is 1.39. The van der Waals surface area contributed by atoms with E-state index in [0.717, 1.165) is 25.6 Å². The number of piperazine rings is 1. The van der Waals surface area contributed by atoms with E-state index in [1.807, 2.05) is 0 Å². The molecule has 0 saturated carbocycles. The number of rotatable bonds is 4. The molecular weight excluding hydrogens is 357 g/mol. The van der Waals surface area contributed by atoms with Gasteiger partial charge in [-0.15, -0.1) is 0 Å². The third kappa shape index (κ3) is 4.42. The van der Waals surface area contributed by atoms with E-state index in [4.69, 9.17) is 0 Å². The average molecular weight is 383 g/mol. The van der Waals surface area contributed by atoms with Gasteiger partial charge in [0.2, 0.25) is 15.9 Å². The van der Waals surface area contributed by atoms with Crippen molar-refractivity contribution in [2.45, 2.75) is 24.7 Å². The van der Waals surface area contributed by atoms with Gasteiger partial charge in [0, 0.05) is 32.7 Å². The Morgan fingerprint density at radius 3 is 2.58 bits per heavy atom. The lowest BCUT2D eigenvalue weighted by Crippen LogP contribution is -2.53. The fourth-order valence-corrected chi connectivity index (χ4v) is 5.13. The van der Waals surface area contributed by atoms with Crippen molar-refractivity contribution in [1.29, 1.82) is 0 Å². The normalized spacial score (nSPS) is 23.2. The first-order valence-corrected chi connectivity index (χ1v) is 10.6. The van der Waals surface area contributed by atoms with Crippen molar-refractivity contribution >= 4 is 15.9 Å². The minimum atomic E-state index is -3.72. The summed E-state index contributed by atoms with van der Waals surface area (Å²) in [5.74, 6) is 0.0994. The first kappa shape index (κ1) is 19.3. The van der Waals surface area contributed by atoms with Crippen molar-refractivity contribution in [1.82, 2.24) is 14.1 Å². The van der Waals surface area contributed by atoms with Crippen LogP contribution < -0.4 is 0 Å². The van der Waals surface area contributed by atoms with Crippen LogP contribution in [-0.4, -0.2) is 74.2 Å². The van der Waals surface area contributed by atoms with Crippen LogP contribution in [0, 0.1) is 11.7 Å². The number of piperidine rings is 1. The number of carbonyl (C=O) groups excluding carboxylic acids is 1. The lowest BCUT2D eigenvalue weighted by molar-refractivity contribution is -0.134. The van der Waals surface area contributed by atoms with Gasteiger partial charge in [-0.2, -0.15) is 4.31 Å². The summed E-state index contributed by atoms with van der Waals surface area (Å²) in [6, 6.07) is 5.04. The fourth-order valence-electron chi connectivity index (χ4n) is 3.68. The molecule has 0 radical (unpaired) electrons. The smallest absolute Gasteiger partial charge is 0.243 e. The number of benzene rings is 1. The molecule has 0 aromatic heterocycles. The van der Waals surface area contributed by atoms with Gasteiger partial charge < -0.3 is 4.90 Å². The molecule has 0 unspecified atom stereocenters. The maximum atomic E-state index is 13.3. The summed E-state index contributed by atoms with van der Waals surface area (Å²) in [4.78, 5) is 16.4. The predicted molar refractivity (Wildman–Crippen MR) is 96.6 cm³/mol. The van der Waals surface area contributed by atoms with Crippen LogP contribution in [0.2, 0.25) is 0 Å². The van der Waals surface area contributed by atoms with Crippen LogP contribution >= 0.6 is 0 Å². The van der Waals surface area contributed by atoms with E-state index in [1.165, 1.54) is 28.9 Å². The van der Waals surface area contributed by atoms with E-state index in [-0.39, 0.29) is 23.9 Å². The van der Waals surface area contributed by atoms with Crippen LogP contribution in [0.3, 0.4) is 0 Å². The molecule has 1 aromatic rings. The topological polar surface area (TPSA) is 60.9 Å². The zero-order valence-electron chi connectivity index (χ0n) is 15.1. The Hall–Kier alpha value is -1.51. The highest BCUT2D eigenvalue weighted by atomic mass is 32.2. The van der Waals surface area contributed by atoms with Crippen molar-refractivity contribution in [3.05, 3.63) is 30.1 Å². The Morgan fingerprint density at radius 2 is 1.92 bits per heavy atom. The molecule has 2 heterocycles. The number of halogens is 1. The van der Waals surface area contributed by atoms with Gasteiger partial charge in [-0.05, 0) is 43.5 Å². The summed E-state index contributed by atoms with van der Waals surface area (Å²) >= 11 is 0. The summed E-state index contributed by atoms with van der Waals surface area (Å²) in [5, 5.41) is 0. The maximum Gasteiger partial charge on any atom is 0.243 e. The van der Waals surface area contributed by atoms with E-state index in [1.54, 1.807) is 4.90 Å². The number of sulfonamides is 1. The second kappa shape index (κ2) is 8.02. The van der Waals surface area contributed by atoms with Gasteiger partial charge in [-0.25, -0.2) is 12.8 Å². The maximum absolute atomic E-state index is 13.3. The van der Waals surface area contributed by atoms with Crippen LogP contribution in [0.25, 0.3) is 0 Å². The van der Waals surface area contributed by atoms with Crippen molar-refractivity contribution in [3.63, 3.8) is 0 Å². The molecule has 2 aliphatic heterocycles. The summed E-state index contributed by atoms with van der Waals surface area (Å²) in [7, 11) is -3.72. The molecule has 0 spiro atoms. The fraction of sp³-hybridized carbons (Fsp3) is 0.611. The zero-order chi connectivity index (χ0) is 18.7. The van der Waals surface area contributed by atoms with Gasteiger partial charge >= 0.3 is 0 Å². The van der Waals surface area contributed by atoms with Crippen LogP contribution in [0.4, 0.5) is 4.39 Å². The summed E-state index contributed by atoms with van der Waals surface area (Å²) in [6.07, 6.45) is 2.33. The molecule has 0 N–H and O–H groups in total. The molecule has 3 rings (SSSR count). The molecule has 1 amide bonds.